The quantitative estimate of drug-likeness (QED) is 0.828. The fraction of sp³-hybridized carbons (Fsp3) is 0.571. The highest BCUT2D eigenvalue weighted by atomic mass is 16.5. The third kappa shape index (κ3) is 3.62. The molecule has 0 aromatic heterocycles. The summed E-state index contributed by atoms with van der Waals surface area (Å²) in [4.78, 5) is 0. The van der Waals surface area contributed by atoms with E-state index < -0.39 is 0 Å². The lowest BCUT2D eigenvalue weighted by Crippen LogP contribution is -2.29. The zero-order valence-corrected chi connectivity index (χ0v) is 10.8. The lowest BCUT2D eigenvalue weighted by atomic mass is 10.0. The standard InChI is InChI=1S/C14H23NO/c1-5-14(3,4)16-13(10-15)12-8-6-7-11(2)9-12/h6-9,13H,5,10,15H2,1-4H3. The monoisotopic (exact) mass is 221 g/mol. The summed E-state index contributed by atoms with van der Waals surface area (Å²) in [5, 5.41) is 0. The summed E-state index contributed by atoms with van der Waals surface area (Å²) < 4.78 is 6.05. The molecule has 1 atom stereocenters. The zero-order chi connectivity index (χ0) is 12.2. The molecule has 0 aliphatic carbocycles. The number of hydrogen-bond acceptors (Lipinski definition) is 2. The van der Waals surface area contributed by atoms with Gasteiger partial charge in [0.2, 0.25) is 0 Å². The van der Waals surface area contributed by atoms with Crippen molar-refractivity contribution in [3.05, 3.63) is 35.4 Å². The summed E-state index contributed by atoms with van der Waals surface area (Å²) in [7, 11) is 0. The minimum absolute atomic E-state index is 0.00477. The van der Waals surface area contributed by atoms with E-state index in [9.17, 15) is 0 Å². The second-order valence-electron chi connectivity index (χ2n) is 4.87. The molecule has 1 rings (SSSR count). The van der Waals surface area contributed by atoms with Crippen molar-refractivity contribution >= 4 is 0 Å². The Hall–Kier alpha value is -0.860. The van der Waals surface area contributed by atoms with E-state index in [1.54, 1.807) is 0 Å². The topological polar surface area (TPSA) is 35.2 Å². The summed E-state index contributed by atoms with van der Waals surface area (Å²) >= 11 is 0. The van der Waals surface area contributed by atoms with Crippen molar-refractivity contribution < 1.29 is 4.74 Å². The van der Waals surface area contributed by atoms with Crippen LogP contribution in [0.25, 0.3) is 0 Å². The summed E-state index contributed by atoms with van der Waals surface area (Å²) in [5.74, 6) is 0. The number of aryl methyl sites for hydroxylation is 1. The molecule has 1 aromatic carbocycles. The Balaban J connectivity index is 2.82. The molecule has 0 radical (unpaired) electrons. The van der Waals surface area contributed by atoms with Gasteiger partial charge in [-0.05, 0) is 32.8 Å². The fourth-order valence-corrected chi connectivity index (χ4v) is 1.59. The SMILES string of the molecule is CCC(C)(C)OC(CN)c1cccc(C)c1. The van der Waals surface area contributed by atoms with Crippen molar-refractivity contribution in [2.75, 3.05) is 6.54 Å². The van der Waals surface area contributed by atoms with Crippen molar-refractivity contribution in [3.8, 4) is 0 Å². The summed E-state index contributed by atoms with van der Waals surface area (Å²) in [6.45, 7) is 8.94. The predicted molar refractivity (Wildman–Crippen MR) is 68.4 cm³/mol. The number of ether oxygens (including phenoxy) is 1. The van der Waals surface area contributed by atoms with E-state index in [1.165, 1.54) is 11.1 Å². The molecule has 0 heterocycles. The van der Waals surface area contributed by atoms with E-state index in [0.717, 1.165) is 6.42 Å². The maximum atomic E-state index is 6.05. The van der Waals surface area contributed by atoms with Gasteiger partial charge in [0.25, 0.3) is 0 Å². The van der Waals surface area contributed by atoms with Gasteiger partial charge in [-0.1, -0.05) is 36.8 Å². The Morgan fingerprint density at radius 1 is 1.38 bits per heavy atom. The molecule has 0 saturated heterocycles. The van der Waals surface area contributed by atoms with Crippen LogP contribution in [0.15, 0.2) is 24.3 Å². The molecule has 2 nitrogen and oxygen atoms in total. The Kier molecular flexibility index (Phi) is 4.51. The molecular formula is C14H23NO. The molecule has 2 N–H and O–H groups in total. The van der Waals surface area contributed by atoms with Crippen LogP contribution < -0.4 is 5.73 Å². The molecule has 0 bridgehead atoms. The maximum Gasteiger partial charge on any atom is 0.0954 e. The van der Waals surface area contributed by atoms with Crippen molar-refractivity contribution in [2.24, 2.45) is 5.73 Å². The van der Waals surface area contributed by atoms with Crippen LogP contribution in [0, 0.1) is 6.92 Å². The molecule has 0 spiro atoms. The maximum absolute atomic E-state index is 6.05. The molecule has 0 aliphatic rings. The second-order valence-corrected chi connectivity index (χ2v) is 4.87. The molecule has 2 heteroatoms. The van der Waals surface area contributed by atoms with Gasteiger partial charge in [0.15, 0.2) is 0 Å². The molecule has 0 aliphatic heterocycles. The normalized spacial score (nSPS) is 13.8. The molecule has 90 valence electrons. The number of rotatable bonds is 5. The third-order valence-electron chi connectivity index (χ3n) is 2.94. The molecular weight excluding hydrogens is 198 g/mol. The molecule has 16 heavy (non-hydrogen) atoms. The first-order chi connectivity index (χ1) is 7.48. The van der Waals surface area contributed by atoms with Gasteiger partial charge >= 0.3 is 0 Å². The number of nitrogens with two attached hydrogens (primary N) is 1. The van der Waals surface area contributed by atoms with E-state index in [2.05, 4.69) is 52.0 Å². The van der Waals surface area contributed by atoms with Crippen LogP contribution in [0.5, 0.6) is 0 Å². The van der Waals surface area contributed by atoms with Crippen molar-refractivity contribution in [1.29, 1.82) is 0 Å². The zero-order valence-electron chi connectivity index (χ0n) is 10.8. The van der Waals surface area contributed by atoms with Crippen molar-refractivity contribution in [1.82, 2.24) is 0 Å². The Morgan fingerprint density at radius 3 is 2.56 bits per heavy atom. The number of hydrogen-bond donors (Lipinski definition) is 1. The highest BCUT2D eigenvalue weighted by Gasteiger charge is 2.22. The minimum atomic E-state index is -0.117. The van der Waals surface area contributed by atoms with Crippen molar-refractivity contribution in [3.63, 3.8) is 0 Å². The first-order valence-electron chi connectivity index (χ1n) is 5.93. The molecule has 0 amide bonds. The Morgan fingerprint density at radius 2 is 2.06 bits per heavy atom. The van der Waals surface area contributed by atoms with Crippen LogP contribution in [-0.4, -0.2) is 12.1 Å². The summed E-state index contributed by atoms with van der Waals surface area (Å²) in [5.41, 5.74) is 8.09. The van der Waals surface area contributed by atoms with Gasteiger partial charge in [-0.2, -0.15) is 0 Å². The largest absolute Gasteiger partial charge is 0.366 e. The predicted octanol–water partition coefficient (Wildman–Crippen LogP) is 3.20. The average molecular weight is 221 g/mol. The first-order valence-corrected chi connectivity index (χ1v) is 5.93. The highest BCUT2D eigenvalue weighted by molar-refractivity contribution is 5.24. The van der Waals surface area contributed by atoms with Gasteiger partial charge in [0, 0.05) is 6.54 Å². The van der Waals surface area contributed by atoms with Gasteiger partial charge in [-0.15, -0.1) is 0 Å². The minimum Gasteiger partial charge on any atom is -0.366 e. The lowest BCUT2D eigenvalue weighted by molar-refractivity contribution is -0.0713. The molecule has 0 fully saturated rings. The lowest BCUT2D eigenvalue weighted by Gasteiger charge is -2.29. The highest BCUT2D eigenvalue weighted by Crippen LogP contribution is 2.25. The smallest absolute Gasteiger partial charge is 0.0954 e. The first kappa shape index (κ1) is 13.2. The van der Waals surface area contributed by atoms with Gasteiger partial charge in [0.1, 0.15) is 0 Å². The Bertz CT molecular complexity index is 333. The second kappa shape index (κ2) is 5.46. The van der Waals surface area contributed by atoms with E-state index in [1.807, 2.05) is 0 Å². The fourth-order valence-electron chi connectivity index (χ4n) is 1.59. The van der Waals surface area contributed by atoms with E-state index >= 15 is 0 Å². The molecule has 1 unspecified atom stereocenters. The van der Waals surface area contributed by atoms with E-state index in [4.69, 9.17) is 10.5 Å². The van der Waals surface area contributed by atoms with E-state index in [-0.39, 0.29) is 11.7 Å². The molecule has 0 saturated carbocycles. The van der Waals surface area contributed by atoms with Gasteiger partial charge in [-0.25, -0.2) is 0 Å². The van der Waals surface area contributed by atoms with Gasteiger partial charge < -0.3 is 10.5 Å². The van der Waals surface area contributed by atoms with Crippen LogP contribution in [0.3, 0.4) is 0 Å². The van der Waals surface area contributed by atoms with Gasteiger partial charge in [-0.3, -0.25) is 0 Å². The summed E-state index contributed by atoms with van der Waals surface area (Å²) in [6.07, 6.45) is 0.977. The van der Waals surface area contributed by atoms with E-state index in [0.29, 0.717) is 6.54 Å². The van der Waals surface area contributed by atoms with Crippen LogP contribution >= 0.6 is 0 Å². The van der Waals surface area contributed by atoms with Crippen molar-refractivity contribution in [2.45, 2.75) is 45.8 Å². The van der Waals surface area contributed by atoms with Gasteiger partial charge in [0.05, 0.1) is 11.7 Å². The third-order valence-corrected chi connectivity index (χ3v) is 2.94. The number of benzene rings is 1. The van der Waals surface area contributed by atoms with Crippen LogP contribution in [0.4, 0.5) is 0 Å². The van der Waals surface area contributed by atoms with Crippen LogP contribution in [-0.2, 0) is 4.74 Å². The molecule has 1 aromatic rings. The summed E-state index contributed by atoms with van der Waals surface area (Å²) in [6, 6.07) is 8.36. The average Bonchev–Trinajstić information content (AvgIpc) is 2.26. The van der Waals surface area contributed by atoms with Crippen LogP contribution in [0.2, 0.25) is 0 Å². The van der Waals surface area contributed by atoms with Crippen LogP contribution in [0.1, 0.15) is 44.4 Å². The Labute approximate surface area is 98.8 Å².